The molecule has 2 heterocycles. The van der Waals surface area contributed by atoms with Crippen LogP contribution in [0.5, 0.6) is 0 Å². The summed E-state index contributed by atoms with van der Waals surface area (Å²) in [5.41, 5.74) is -0.0677. The lowest BCUT2D eigenvalue weighted by molar-refractivity contribution is 0.258. The average Bonchev–Trinajstić information content (AvgIpc) is 2.66. The fourth-order valence-electron chi connectivity index (χ4n) is 1.63. The summed E-state index contributed by atoms with van der Waals surface area (Å²) in [7, 11) is 0. The van der Waals surface area contributed by atoms with Gasteiger partial charge in [-0.3, -0.25) is 4.99 Å². The van der Waals surface area contributed by atoms with E-state index in [4.69, 9.17) is 28.3 Å². The van der Waals surface area contributed by atoms with E-state index in [1.165, 1.54) is 0 Å². The number of aliphatic imine (C=N–C) groups is 1. The normalized spacial score (nSPS) is 22.9. The van der Waals surface area contributed by atoms with Gasteiger partial charge in [0.05, 0.1) is 5.69 Å². The highest BCUT2D eigenvalue weighted by Crippen LogP contribution is 2.33. The predicted molar refractivity (Wildman–Crippen MR) is 63.1 cm³/mol. The summed E-state index contributed by atoms with van der Waals surface area (Å²) in [5, 5.41) is 9.42. The van der Waals surface area contributed by atoms with E-state index >= 15 is 0 Å². The SMILES string of the molecule is OCCC1(c2cc(Cl)nc(Cl)n2)C=CC=N1. The van der Waals surface area contributed by atoms with Crippen molar-refractivity contribution in [2.45, 2.75) is 12.0 Å². The third-order valence-corrected chi connectivity index (χ3v) is 2.73. The van der Waals surface area contributed by atoms with Crippen LogP contribution >= 0.6 is 23.2 Å². The Labute approximate surface area is 103 Å². The van der Waals surface area contributed by atoms with E-state index in [9.17, 15) is 0 Å². The van der Waals surface area contributed by atoms with E-state index in [0.717, 1.165) is 0 Å². The average molecular weight is 258 g/mol. The highest BCUT2D eigenvalue weighted by Gasteiger charge is 2.32. The molecular formula is C10H9Cl2N3O. The van der Waals surface area contributed by atoms with Crippen molar-refractivity contribution in [3.8, 4) is 0 Å². The van der Waals surface area contributed by atoms with Gasteiger partial charge < -0.3 is 5.11 Å². The first-order valence-corrected chi connectivity index (χ1v) is 5.46. The predicted octanol–water partition coefficient (Wildman–Crippen LogP) is 2.00. The Morgan fingerprint density at radius 2 is 2.12 bits per heavy atom. The Balaban J connectivity index is 2.47. The van der Waals surface area contributed by atoms with Gasteiger partial charge in [0.15, 0.2) is 0 Å². The molecule has 1 aliphatic rings. The third kappa shape index (κ3) is 2.09. The quantitative estimate of drug-likeness (QED) is 0.666. The van der Waals surface area contributed by atoms with Gasteiger partial charge in [0.25, 0.3) is 0 Å². The van der Waals surface area contributed by atoms with Crippen molar-refractivity contribution < 1.29 is 5.11 Å². The summed E-state index contributed by atoms with van der Waals surface area (Å²) in [6.45, 7) is 0.000914. The number of aliphatic hydroxyl groups is 1. The number of allylic oxidation sites excluding steroid dienone is 1. The van der Waals surface area contributed by atoms with Gasteiger partial charge in [-0.25, -0.2) is 9.97 Å². The first-order chi connectivity index (χ1) is 7.66. The largest absolute Gasteiger partial charge is 0.396 e. The van der Waals surface area contributed by atoms with Crippen molar-refractivity contribution in [2.75, 3.05) is 6.61 Å². The number of hydrogen-bond acceptors (Lipinski definition) is 4. The molecule has 0 aromatic carbocycles. The van der Waals surface area contributed by atoms with E-state index in [1.54, 1.807) is 18.4 Å². The second-order valence-corrected chi connectivity index (χ2v) is 4.11. The molecule has 1 aliphatic heterocycles. The molecule has 0 saturated carbocycles. The maximum Gasteiger partial charge on any atom is 0.224 e. The molecule has 16 heavy (non-hydrogen) atoms. The molecule has 1 atom stereocenters. The van der Waals surface area contributed by atoms with Crippen LogP contribution in [-0.2, 0) is 5.54 Å². The van der Waals surface area contributed by atoms with E-state index in [-0.39, 0.29) is 17.0 Å². The lowest BCUT2D eigenvalue weighted by atomic mass is 9.93. The Kier molecular flexibility index (Phi) is 3.23. The zero-order valence-electron chi connectivity index (χ0n) is 8.27. The summed E-state index contributed by atoms with van der Waals surface area (Å²) in [6.07, 6.45) is 5.76. The van der Waals surface area contributed by atoms with E-state index in [2.05, 4.69) is 15.0 Å². The van der Waals surface area contributed by atoms with Crippen LogP contribution in [-0.4, -0.2) is 27.9 Å². The second-order valence-electron chi connectivity index (χ2n) is 3.38. The molecule has 0 fully saturated rings. The first kappa shape index (κ1) is 11.5. The lowest BCUT2D eigenvalue weighted by Crippen LogP contribution is -2.22. The van der Waals surface area contributed by atoms with Crippen LogP contribution in [0, 0.1) is 0 Å². The van der Waals surface area contributed by atoms with Gasteiger partial charge in [0, 0.05) is 25.3 Å². The van der Waals surface area contributed by atoms with Crippen molar-refractivity contribution >= 4 is 29.4 Å². The van der Waals surface area contributed by atoms with Crippen LogP contribution in [0.2, 0.25) is 10.4 Å². The minimum Gasteiger partial charge on any atom is -0.396 e. The van der Waals surface area contributed by atoms with Gasteiger partial charge in [0.1, 0.15) is 10.7 Å². The molecule has 0 aliphatic carbocycles. The minimum absolute atomic E-state index is 0.000914. The molecule has 0 bridgehead atoms. The molecule has 6 heteroatoms. The van der Waals surface area contributed by atoms with Gasteiger partial charge in [-0.2, -0.15) is 0 Å². The fourth-order valence-corrected chi connectivity index (χ4v) is 2.04. The van der Waals surface area contributed by atoms with Crippen LogP contribution in [0.3, 0.4) is 0 Å². The van der Waals surface area contributed by atoms with E-state index in [1.807, 2.05) is 6.08 Å². The molecular weight excluding hydrogens is 249 g/mol. The van der Waals surface area contributed by atoms with Gasteiger partial charge in [-0.1, -0.05) is 11.6 Å². The van der Waals surface area contributed by atoms with Gasteiger partial charge in [-0.05, 0) is 23.8 Å². The second kappa shape index (κ2) is 4.49. The lowest BCUT2D eigenvalue weighted by Gasteiger charge is -2.22. The molecule has 1 unspecified atom stereocenters. The van der Waals surface area contributed by atoms with E-state index < -0.39 is 5.54 Å². The molecule has 0 radical (unpaired) electrons. The van der Waals surface area contributed by atoms with Crippen molar-refractivity contribution in [3.05, 3.63) is 34.3 Å². The minimum atomic E-state index is -0.662. The summed E-state index contributed by atoms with van der Waals surface area (Å²) >= 11 is 11.6. The summed E-state index contributed by atoms with van der Waals surface area (Å²) < 4.78 is 0. The standard InChI is InChI=1S/C10H9Cl2N3O/c11-8-6-7(14-9(12)15-8)10(3-5-16)2-1-4-13-10/h1-2,4,6,16H,3,5H2. The first-order valence-electron chi connectivity index (χ1n) is 4.71. The Hall–Kier alpha value is -0.970. The maximum atomic E-state index is 9.07. The van der Waals surface area contributed by atoms with Crippen molar-refractivity contribution in [2.24, 2.45) is 4.99 Å². The monoisotopic (exact) mass is 257 g/mol. The van der Waals surface area contributed by atoms with Crippen molar-refractivity contribution in [1.82, 2.24) is 9.97 Å². The molecule has 1 aromatic rings. The molecule has 1 N–H and O–H groups in total. The zero-order valence-corrected chi connectivity index (χ0v) is 9.78. The number of hydrogen-bond donors (Lipinski definition) is 1. The Morgan fingerprint density at radius 3 is 2.69 bits per heavy atom. The van der Waals surface area contributed by atoms with Crippen molar-refractivity contribution in [1.29, 1.82) is 0 Å². The van der Waals surface area contributed by atoms with E-state index in [0.29, 0.717) is 12.1 Å². The summed E-state index contributed by atoms with van der Waals surface area (Å²) in [4.78, 5) is 12.2. The molecule has 0 saturated heterocycles. The summed E-state index contributed by atoms with van der Waals surface area (Å²) in [6, 6.07) is 1.61. The topological polar surface area (TPSA) is 58.4 Å². The fraction of sp³-hybridized carbons (Fsp3) is 0.300. The molecule has 84 valence electrons. The molecule has 2 rings (SSSR count). The highest BCUT2D eigenvalue weighted by molar-refractivity contribution is 6.31. The van der Waals surface area contributed by atoms with Gasteiger partial charge >= 0.3 is 0 Å². The van der Waals surface area contributed by atoms with Gasteiger partial charge in [0.2, 0.25) is 5.28 Å². The number of aromatic nitrogens is 2. The Morgan fingerprint density at radius 1 is 1.31 bits per heavy atom. The van der Waals surface area contributed by atoms with Crippen LogP contribution in [0.4, 0.5) is 0 Å². The maximum absolute atomic E-state index is 9.07. The van der Waals surface area contributed by atoms with Crippen molar-refractivity contribution in [3.63, 3.8) is 0 Å². The van der Waals surface area contributed by atoms with Crippen LogP contribution in [0.25, 0.3) is 0 Å². The van der Waals surface area contributed by atoms with Gasteiger partial charge in [-0.15, -0.1) is 0 Å². The van der Waals surface area contributed by atoms with Crippen LogP contribution in [0.1, 0.15) is 12.1 Å². The Bertz CT molecular complexity index is 427. The highest BCUT2D eigenvalue weighted by atomic mass is 35.5. The molecule has 0 spiro atoms. The zero-order chi connectivity index (χ0) is 11.6. The smallest absolute Gasteiger partial charge is 0.224 e. The molecule has 0 amide bonds. The summed E-state index contributed by atoms with van der Waals surface area (Å²) in [5.74, 6) is 0. The van der Waals surface area contributed by atoms with Crippen LogP contribution in [0.15, 0.2) is 23.2 Å². The number of nitrogens with zero attached hydrogens (tertiary/aromatic N) is 3. The van der Waals surface area contributed by atoms with Crippen LogP contribution < -0.4 is 0 Å². The molecule has 1 aromatic heterocycles. The molecule has 4 nitrogen and oxygen atoms in total. The number of halogens is 2. The third-order valence-electron chi connectivity index (χ3n) is 2.37. The number of aliphatic hydroxyl groups excluding tert-OH is 1. The number of rotatable bonds is 3.